The van der Waals surface area contributed by atoms with Gasteiger partial charge in [0.15, 0.2) is 0 Å². The van der Waals surface area contributed by atoms with Crippen molar-refractivity contribution in [3.8, 4) is 0 Å². The van der Waals surface area contributed by atoms with Gasteiger partial charge in [-0.25, -0.2) is 0 Å². The fraction of sp³-hybridized carbons (Fsp3) is 1.00. The summed E-state index contributed by atoms with van der Waals surface area (Å²) in [5, 5.41) is 3.90. The molecular weight excluding hydrogens is 248 g/mol. The number of piperazine rings is 1. The first-order chi connectivity index (χ1) is 9.43. The minimum absolute atomic E-state index is 0.00889. The summed E-state index contributed by atoms with van der Waals surface area (Å²) in [4.78, 5) is 2.78. The van der Waals surface area contributed by atoms with Gasteiger partial charge in [0, 0.05) is 38.3 Å². The van der Waals surface area contributed by atoms with Gasteiger partial charge in [0.25, 0.3) is 0 Å². The highest BCUT2D eigenvalue weighted by Gasteiger charge is 2.48. The van der Waals surface area contributed by atoms with Crippen LogP contribution in [-0.4, -0.2) is 48.8 Å². The largest absolute Gasteiger partial charge is 0.379 e. The van der Waals surface area contributed by atoms with Crippen LogP contribution in [0.15, 0.2) is 0 Å². The molecule has 0 aromatic carbocycles. The highest BCUT2D eigenvalue weighted by molar-refractivity contribution is 5.06. The van der Waals surface area contributed by atoms with Crippen LogP contribution in [0.5, 0.6) is 0 Å². The maximum atomic E-state index is 5.61. The molecular formula is C17H32N2O. The minimum Gasteiger partial charge on any atom is -0.379 e. The van der Waals surface area contributed by atoms with E-state index in [0.717, 1.165) is 24.3 Å². The Morgan fingerprint density at radius 2 is 1.95 bits per heavy atom. The zero-order valence-corrected chi connectivity index (χ0v) is 13.7. The van der Waals surface area contributed by atoms with Gasteiger partial charge in [0.2, 0.25) is 0 Å². The van der Waals surface area contributed by atoms with E-state index in [0.29, 0.717) is 5.54 Å². The molecule has 1 N–H and O–H groups in total. The molecule has 1 saturated heterocycles. The molecule has 0 aromatic rings. The van der Waals surface area contributed by atoms with Crippen LogP contribution in [0.4, 0.5) is 0 Å². The number of methoxy groups -OCH3 is 1. The summed E-state index contributed by atoms with van der Waals surface area (Å²) in [6.45, 7) is 10.5. The van der Waals surface area contributed by atoms with Gasteiger partial charge in [0.05, 0.1) is 5.60 Å². The predicted molar refractivity (Wildman–Crippen MR) is 82.9 cm³/mol. The Labute approximate surface area is 124 Å². The lowest BCUT2D eigenvalue weighted by Crippen LogP contribution is -2.64. The number of nitrogens with one attached hydrogen (secondary N) is 1. The molecule has 2 unspecified atom stereocenters. The molecule has 3 rings (SSSR count). The molecule has 0 radical (unpaired) electrons. The molecule has 0 aromatic heterocycles. The maximum absolute atomic E-state index is 5.61. The van der Waals surface area contributed by atoms with Gasteiger partial charge < -0.3 is 10.1 Å². The van der Waals surface area contributed by atoms with Crippen molar-refractivity contribution in [1.82, 2.24) is 10.2 Å². The van der Waals surface area contributed by atoms with Crippen LogP contribution in [-0.2, 0) is 4.74 Å². The van der Waals surface area contributed by atoms with Crippen molar-refractivity contribution in [2.24, 2.45) is 11.8 Å². The fourth-order valence-electron chi connectivity index (χ4n) is 3.76. The zero-order chi connectivity index (χ0) is 14.4. The first kappa shape index (κ1) is 14.8. The number of nitrogens with zero attached hydrogens (tertiary/aromatic N) is 1. The molecule has 3 nitrogen and oxygen atoms in total. The van der Waals surface area contributed by atoms with Gasteiger partial charge in [-0.3, -0.25) is 4.90 Å². The third kappa shape index (κ3) is 3.20. The second kappa shape index (κ2) is 5.26. The van der Waals surface area contributed by atoms with E-state index in [4.69, 9.17) is 4.74 Å². The van der Waals surface area contributed by atoms with Crippen LogP contribution in [0.1, 0.15) is 52.9 Å². The van der Waals surface area contributed by atoms with E-state index in [1.807, 2.05) is 7.11 Å². The van der Waals surface area contributed by atoms with Crippen molar-refractivity contribution >= 4 is 0 Å². The summed E-state index contributed by atoms with van der Waals surface area (Å²) in [5.41, 5.74) is 0.373. The highest BCUT2D eigenvalue weighted by Crippen LogP contribution is 2.44. The quantitative estimate of drug-likeness (QED) is 0.809. The van der Waals surface area contributed by atoms with Gasteiger partial charge in [-0.1, -0.05) is 0 Å². The lowest BCUT2D eigenvalue weighted by Gasteiger charge is -2.47. The molecule has 0 spiro atoms. The van der Waals surface area contributed by atoms with E-state index in [2.05, 4.69) is 31.0 Å². The Kier molecular flexibility index (Phi) is 3.89. The lowest BCUT2D eigenvalue weighted by molar-refractivity contribution is -0.00881. The van der Waals surface area contributed by atoms with Crippen molar-refractivity contribution in [3.63, 3.8) is 0 Å². The standard InChI is InChI=1S/C17H32N2O/c1-16(2,20-4)9-10-19-12-17(3,14-7-8-14)18-11-15(19)13-5-6-13/h13-15,18H,5-12H2,1-4H3. The average Bonchev–Trinajstić information content (AvgIpc) is 3.29. The van der Waals surface area contributed by atoms with Crippen molar-refractivity contribution in [3.05, 3.63) is 0 Å². The minimum atomic E-state index is 0.00889. The molecule has 0 bridgehead atoms. The molecule has 116 valence electrons. The Morgan fingerprint density at radius 3 is 2.50 bits per heavy atom. The lowest BCUT2D eigenvalue weighted by atomic mass is 9.89. The third-order valence-electron chi connectivity index (χ3n) is 5.91. The van der Waals surface area contributed by atoms with Gasteiger partial charge in [-0.2, -0.15) is 0 Å². The van der Waals surface area contributed by atoms with Crippen molar-refractivity contribution in [2.45, 2.75) is 70.1 Å². The van der Waals surface area contributed by atoms with Crippen LogP contribution >= 0.6 is 0 Å². The zero-order valence-electron chi connectivity index (χ0n) is 13.7. The molecule has 0 amide bonds. The highest BCUT2D eigenvalue weighted by atomic mass is 16.5. The number of hydrogen-bond acceptors (Lipinski definition) is 3. The molecule has 2 aliphatic carbocycles. The number of rotatable bonds is 6. The first-order valence-electron chi connectivity index (χ1n) is 8.48. The summed E-state index contributed by atoms with van der Waals surface area (Å²) in [5.74, 6) is 1.87. The van der Waals surface area contributed by atoms with Crippen LogP contribution in [0.25, 0.3) is 0 Å². The monoisotopic (exact) mass is 280 g/mol. The Bertz CT molecular complexity index is 349. The van der Waals surface area contributed by atoms with E-state index in [1.54, 1.807) is 0 Å². The van der Waals surface area contributed by atoms with E-state index in [-0.39, 0.29) is 5.60 Å². The van der Waals surface area contributed by atoms with Gasteiger partial charge in [-0.05, 0) is 64.7 Å². The Morgan fingerprint density at radius 1 is 1.25 bits per heavy atom. The predicted octanol–water partition coefficient (Wildman–Crippen LogP) is 2.65. The summed E-state index contributed by atoms with van der Waals surface area (Å²) < 4.78 is 5.61. The van der Waals surface area contributed by atoms with Crippen LogP contribution in [0, 0.1) is 11.8 Å². The molecule has 20 heavy (non-hydrogen) atoms. The molecule has 2 saturated carbocycles. The number of hydrogen-bond donors (Lipinski definition) is 1. The van der Waals surface area contributed by atoms with E-state index in [9.17, 15) is 0 Å². The average molecular weight is 280 g/mol. The van der Waals surface area contributed by atoms with Crippen LogP contribution in [0.3, 0.4) is 0 Å². The third-order valence-corrected chi connectivity index (χ3v) is 5.91. The molecule has 3 fully saturated rings. The van der Waals surface area contributed by atoms with E-state index >= 15 is 0 Å². The Balaban J connectivity index is 1.62. The van der Waals surface area contributed by atoms with Crippen molar-refractivity contribution in [2.75, 3.05) is 26.7 Å². The first-order valence-corrected chi connectivity index (χ1v) is 8.48. The second-order valence-corrected chi connectivity index (χ2v) is 8.16. The van der Waals surface area contributed by atoms with Crippen LogP contribution < -0.4 is 5.32 Å². The molecule has 3 heteroatoms. The molecule has 1 heterocycles. The number of ether oxygens (including phenoxy) is 1. The van der Waals surface area contributed by atoms with E-state index in [1.165, 1.54) is 45.3 Å². The van der Waals surface area contributed by atoms with Gasteiger partial charge in [0.1, 0.15) is 0 Å². The molecule has 2 atom stereocenters. The molecule has 1 aliphatic heterocycles. The van der Waals surface area contributed by atoms with Gasteiger partial charge >= 0.3 is 0 Å². The smallest absolute Gasteiger partial charge is 0.0634 e. The summed E-state index contributed by atoms with van der Waals surface area (Å²) in [6.07, 6.45) is 6.87. The normalized spacial score (nSPS) is 36.3. The Hall–Kier alpha value is -0.120. The summed E-state index contributed by atoms with van der Waals surface area (Å²) in [7, 11) is 1.84. The van der Waals surface area contributed by atoms with Crippen molar-refractivity contribution in [1.29, 1.82) is 0 Å². The summed E-state index contributed by atoms with van der Waals surface area (Å²) in [6, 6.07) is 0.773. The summed E-state index contributed by atoms with van der Waals surface area (Å²) >= 11 is 0. The fourth-order valence-corrected chi connectivity index (χ4v) is 3.76. The SMILES string of the molecule is COC(C)(C)CCN1CC(C)(C2CC2)NCC1C1CC1. The molecule has 3 aliphatic rings. The second-order valence-electron chi connectivity index (χ2n) is 8.16. The van der Waals surface area contributed by atoms with E-state index < -0.39 is 0 Å². The van der Waals surface area contributed by atoms with Crippen molar-refractivity contribution < 1.29 is 4.74 Å². The van der Waals surface area contributed by atoms with Crippen LogP contribution in [0.2, 0.25) is 0 Å². The van der Waals surface area contributed by atoms with Gasteiger partial charge in [-0.15, -0.1) is 0 Å². The maximum Gasteiger partial charge on any atom is 0.0634 e. The topological polar surface area (TPSA) is 24.5 Å².